The van der Waals surface area contributed by atoms with E-state index in [1.165, 1.54) is 19.4 Å². The van der Waals surface area contributed by atoms with Gasteiger partial charge >= 0.3 is 0 Å². The van der Waals surface area contributed by atoms with E-state index in [0.717, 1.165) is 18.2 Å². The Hall–Kier alpha value is -0.970. The van der Waals surface area contributed by atoms with E-state index < -0.39 is 0 Å². The number of benzene rings is 1. The largest absolute Gasteiger partial charge is 1.00 e. The van der Waals surface area contributed by atoms with Crippen LogP contribution in [0, 0.1) is 11.8 Å². The van der Waals surface area contributed by atoms with Gasteiger partial charge in [-0.25, -0.2) is 0 Å². The Morgan fingerprint density at radius 3 is 2.69 bits per heavy atom. The van der Waals surface area contributed by atoms with Crippen LogP contribution < -0.4 is 17.3 Å². The van der Waals surface area contributed by atoms with Crippen LogP contribution in [0.1, 0.15) is 25.3 Å². The Balaban J connectivity index is 0.00000128. The highest BCUT2D eigenvalue weighted by molar-refractivity contribution is 5.33. The third-order valence-corrected chi connectivity index (χ3v) is 3.15. The van der Waals surface area contributed by atoms with Crippen molar-refractivity contribution in [2.75, 3.05) is 13.1 Å². The van der Waals surface area contributed by atoms with E-state index in [1.807, 2.05) is 18.2 Å². The van der Waals surface area contributed by atoms with Gasteiger partial charge < -0.3 is 17.3 Å². The Kier molecular flexibility index (Phi) is 5.38. The molecule has 0 spiro atoms. The quantitative estimate of drug-likeness (QED) is 0.543. The van der Waals surface area contributed by atoms with Gasteiger partial charge in [0.25, 0.3) is 0 Å². The normalized spacial score (nSPS) is 23.1. The summed E-state index contributed by atoms with van der Waals surface area (Å²) < 4.78 is 0. The summed E-state index contributed by atoms with van der Waals surface area (Å²) in [4.78, 5) is 1.65. The predicted molar refractivity (Wildman–Crippen MR) is 62.7 cm³/mol. The number of hydrogen-bond donors (Lipinski definition) is 1. The number of likely N-dealkylation sites (tertiary alicyclic amines) is 1. The molecule has 1 N–H and O–H groups in total. The summed E-state index contributed by atoms with van der Waals surface area (Å²) in [5, 5.41) is 0. The molecule has 86 valence electrons. The molecule has 1 aliphatic rings. The fraction of sp³-hybridized carbons (Fsp3) is 0.429. The van der Waals surface area contributed by atoms with Crippen LogP contribution in [-0.2, 0) is 0 Å². The molecule has 2 atom stereocenters. The molecule has 0 amide bonds. The van der Waals surface area contributed by atoms with Crippen molar-refractivity contribution in [2.45, 2.75) is 25.8 Å². The lowest BCUT2D eigenvalue weighted by molar-refractivity contribution is -0.903. The molecule has 0 saturated carbocycles. The minimum absolute atomic E-state index is 0. The van der Waals surface area contributed by atoms with E-state index >= 15 is 0 Å². The lowest BCUT2D eigenvalue weighted by Gasteiger charge is -2.14. The standard InChI is InChI=1S/C14H17N.ClH/c1-13-7-5-11-15(13)12-6-10-14-8-3-2-4-9-14;/h2-4,8-9,13H,5,7,11-12H2,1H3;1H. The van der Waals surface area contributed by atoms with E-state index in [-0.39, 0.29) is 12.4 Å². The molecule has 2 unspecified atom stereocenters. The van der Waals surface area contributed by atoms with E-state index in [1.54, 1.807) is 4.90 Å². The van der Waals surface area contributed by atoms with Crippen LogP contribution in [0.15, 0.2) is 30.3 Å². The summed E-state index contributed by atoms with van der Waals surface area (Å²) in [7, 11) is 0. The predicted octanol–water partition coefficient (Wildman–Crippen LogP) is -1.89. The summed E-state index contributed by atoms with van der Waals surface area (Å²) >= 11 is 0. The first kappa shape index (κ1) is 13.1. The lowest BCUT2D eigenvalue weighted by Crippen LogP contribution is -3.13. The second-order valence-electron chi connectivity index (χ2n) is 4.30. The van der Waals surface area contributed by atoms with Gasteiger partial charge in [-0.05, 0) is 25.0 Å². The van der Waals surface area contributed by atoms with Crippen molar-refractivity contribution in [2.24, 2.45) is 0 Å². The SMILES string of the molecule is CC1CCC[NH+]1CC#Cc1ccccc1.[Cl-]. The van der Waals surface area contributed by atoms with Gasteiger partial charge in [0.2, 0.25) is 0 Å². The summed E-state index contributed by atoms with van der Waals surface area (Å²) in [5.41, 5.74) is 1.13. The topological polar surface area (TPSA) is 4.44 Å². The number of halogens is 1. The molecule has 0 aliphatic carbocycles. The van der Waals surface area contributed by atoms with Crippen LogP contribution in [0.3, 0.4) is 0 Å². The van der Waals surface area contributed by atoms with Crippen LogP contribution in [-0.4, -0.2) is 19.1 Å². The highest BCUT2D eigenvalue weighted by Crippen LogP contribution is 1.97. The van der Waals surface area contributed by atoms with Gasteiger partial charge in [-0.15, -0.1) is 0 Å². The minimum Gasteiger partial charge on any atom is -1.00 e. The molecule has 1 saturated heterocycles. The first-order chi connectivity index (χ1) is 7.36. The van der Waals surface area contributed by atoms with Gasteiger partial charge in [0, 0.05) is 18.4 Å². The third-order valence-electron chi connectivity index (χ3n) is 3.15. The Bertz CT molecular complexity index is 363. The molecule has 0 aromatic heterocycles. The van der Waals surface area contributed by atoms with Crippen LogP contribution >= 0.6 is 0 Å². The molecule has 2 rings (SSSR count). The van der Waals surface area contributed by atoms with E-state index in [4.69, 9.17) is 0 Å². The lowest BCUT2D eigenvalue weighted by atomic mass is 10.2. The molecule has 1 heterocycles. The fourth-order valence-corrected chi connectivity index (χ4v) is 2.13. The molecule has 1 aromatic carbocycles. The second-order valence-corrected chi connectivity index (χ2v) is 4.30. The first-order valence-corrected chi connectivity index (χ1v) is 5.75. The smallest absolute Gasteiger partial charge is 0.139 e. The number of rotatable bonds is 1. The van der Waals surface area contributed by atoms with E-state index in [0.29, 0.717) is 0 Å². The maximum atomic E-state index is 3.29. The van der Waals surface area contributed by atoms with Gasteiger partial charge in [0.15, 0.2) is 0 Å². The summed E-state index contributed by atoms with van der Waals surface area (Å²) in [6.45, 7) is 4.62. The van der Waals surface area contributed by atoms with Crippen molar-refractivity contribution in [3.8, 4) is 11.8 Å². The van der Waals surface area contributed by atoms with Crippen LogP contribution in [0.5, 0.6) is 0 Å². The molecule has 1 fully saturated rings. The Labute approximate surface area is 104 Å². The average Bonchev–Trinajstić information content (AvgIpc) is 2.66. The highest BCUT2D eigenvalue weighted by Gasteiger charge is 2.22. The average molecular weight is 236 g/mol. The Morgan fingerprint density at radius 1 is 1.31 bits per heavy atom. The van der Waals surface area contributed by atoms with Crippen molar-refractivity contribution in [3.63, 3.8) is 0 Å². The summed E-state index contributed by atoms with van der Waals surface area (Å²) in [5.74, 6) is 6.51. The molecular formula is C14H18ClN. The maximum Gasteiger partial charge on any atom is 0.139 e. The zero-order valence-corrected chi connectivity index (χ0v) is 10.4. The zero-order chi connectivity index (χ0) is 10.5. The molecule has 2 heteroatoms. The van der Waals surface area contributed by atoms with Crippen molar-refractivity contribution in [3.05, 3.63) is 35.9 Å². The zero-order valence-electron chi connectivity index (χ0n) is 9.67. The molecule has 16 heavy (non-hydrogen) atoms. The molecule has 0 radical (unpaired) electrons. The fourth-order valence-electron chi connectivity index (χ4n) is 2.13. The van der Waals surface area contributed by atoms with Crippen molar-refractivity contribution in [1.29, 1.82) is 0 Å². The van der Waals surface area contributed by atoms with E-state index in [2.05, 4.69) is 30.9 Å². The highest BCUT2D eigenvalue weighted by atomic mass is 35.5. The monoisotopic (exact) mass is 235 g/mol. The van der Waals surface area contributed by atoms with Gasteiger partial charge in [-0.2, -0.15) is 0 Å². The van der Waals surface area contributed by atoms with Gasteiger partial charge in [-0.3, -0.25) is 0 Å². The van der Waals surface area contributed by atoms with Crippen LogP contribution in [0.25, 0.3) is 0 Å². The molecule has 0 bridgehead atoms. The van der Waals surface area contributed by atoms with Gasteiger partial charge in [-0.1, -0.05) is 24.1 Å². The number of hydrogen-bond acceptors (Lipinski definition) is 0. The minimum atomic E-state index is 0. The third kappa shape index (κ3) is 3.56. The van der Waals surface area contributed by atoms with Crippen LogP contribution in [0.4, 0.5) is 0 Å². The summed E-state index contributed by atoms with van der Waals surface area (Å²) in [6.07, 6.45) is 2.73. The van der Waals surface area contributed by atoms with Crippen molar-refractivity contribution in [1.82, 2.24) is 0 Å². The van der Waals surface area contributed by atoms with Gasteiger partial charge in [0.05, 0.1) is 12.6 Å². The van der Waals surface area contributed by atoms with Gasteiger partial charge in [0.1, 0.15) is 6.54 Å². The Morgan fingerprint density at radius 2 is 2.06 bits per heavy atom. The van der Waals surface area contributed by atoms with Crippen LogP contribution in [0.2, 0.25) is 0 Å². The molecule has 1 nitrogen and oxygen atoms in total. The number of nitrogens with one attached hydrogen (secondary N) is 1. The van der Waals surface area contributed by atoms with E-state index in [9.17, 15) is 0 Å². The first-order valence-electron chi connectivity index (χ1n) is 5.75. The second kappa shape index (κ2) is 6.58. The molecular weight excluding hydrogens is 218 g/mol. The van der Waals surface area contributed by atoms with Crippen molar-refractivity contribution < 1.29 is 17.3 Å². The maximum absolute atomic E-state index is 3.29. The molecule has 1 aromatic rings. The summed E-state index contributed by atoms with van der Waals surface area (Å²) in [6, 6.07) is 11.0. The van der Waals surface area contributed by atoms with Crippen molar-refractivity contribution >= 4 is 0 Å². The number of quaternary nitrogens is 1. The molecule has 1 aliphatic heterocycles.